The van der Waals surface area contributed by atoms with Gasteiger partial charge in [-0.1, -0.05) is 0 Å². The van der Waals surface area contributed by atoms with Gasteiger partial charge < -0.3 is 5.11 Å². The van der Waals surface area contributed by atoms with Crippen LogP contribution in [0.5, 0.6) is 0 Å². The zero-order chi connectivity index (χ0) is 11.6. The number of halogens is 3. The van der Waals surface area contributed by atoms with E-state index in [1.165, 1.54) is 0 Å². The Morgan fingerprint density at radius 1 is 1.67 bits per heavy atom. The Morgan fingerprint density at radius 3 is 2.67 bits per heavy atom. The van der Waals surface area contributed by atoms with Gasteiger partial charge in [-0.3, -0.25) is 10.1 Å². The van der Waals surface area contributed by atoms with Crippen molar-refractivity contribution in [1.82, 2.24) is 4.98 Å². The van der Waals surface area contributed by atoms with Crippen LogP contribution in [-0.2, 0) is 6.61 Å². The number of hydrogen-bond acceptors (Lipinski definition) is 4. The van der Waals surface area contributed by atoms with E-state index in [4.69, 9.17) is 5.11 Å². The second kappa shape index (κ2) is 4.75. The summed E-state index contributed by atoms with van der Waals surface area (Å²) >= 11 is 1.65. The molecule has 8 heteroatoms. The van der Waals surface area contributed by atoms with E-state index < -0.39 is 29.2 Å². The Bertz CT molecular complexity index is 400. The van der Waals surface area contributed by atoms with Gasteiger partial charge in [-0.25, -0.2) is 13.8 Å². The highest BCUT2D eigenvalue weighted by molar-refractivity contribution is 14.1. The Morgan fingerprint density at radius 2 is 2.27 bits per heavy atom. The molecular formula is C7H5F2IN2O3. The topological polar surface area (TPSA) is 76.3 Å². The van der Waals surface area contributed by atoms with Crippen molar-refractivity contribution in [3.8, 4) is 0 Å². The molecule has 82 valence electrons. The van der Waals surface area contributed by atoms with Crippen molar-refractivity contribution < 1.29 is 18.8 Å². The molecule has 0 unspecified atom stereocenters. The molecule has 0 saturated carbocycles. The molecule has 5 nitrogen and oxygen atoms in total. The molecule has 0 atom stereocenters. The van der Waals surface area contributed by atoms with Gasteiger partial charge in [0.1, 0.15) is 15.0 Å². The third-order valence-corrected chi connectivity index (χ3v) is 2.18. The van der Waals surface area contributed by atoms with E-state index in [0.29, 0.717) is 0 Å². The maximum atomic E-state index is 12.5. The van der Waals surface area contributed by atoms with Crippen LogP contribution in [-0.4, -0.2) is 15.0 Å². The number of alkyl halides is 2. The van der Waals surface area contributed by atoms with Gasteiger partial charge in [0.25, 0.3) is 6.43 Å². The third-order valence-electron chi connectivity index (χ3n) is 1.63. The Hall–Kier alpha value is -0.900. The van der Waals surface area contributed by atoms with Crippen LogP contribution < -0.4 is 0 Å². The molecule has 15 heavy (non-hydrogen) atoms. The summed E-state index contributed by atoms with van der Waals surface area (Å²) < 4.78 is 25.1. The highest BCUT2D eigenvalue weighted by atomic mass is 127. The van der Waals surface area contributed by atoms with E-state index in [2.05, 4.69) is 4.98 Å². The van der Waals surface area contributed by atoms with Crippen molar-refractivity contribution in [2.45, 2.75) is 13.0 Å². The third kappa shape index (κ3) is 2.56. The monoisotopic (exact) mass is 330 g/mol. The van der Waals surface area contributed by atoms with Crippen LogP contribution >= 0.6 is 22.6 Å². The number of pyridine rings is 1. The molecular weight excluding hydrogens is 325 g/mol. The lowest BCUT2D eigenvalue weighted by atomic mass is 10.2. The minimum absolute atomic E-state index is 0.178. The van der Waals surface area contributed by atoms with Gasteiger partial charge in [0.05, 0.1) is 11.5 Å². The molecule has 1 N–H and O–H groups in total. The lowest BCUT2D eigenvalue weighted by Gasteiger charge is -2.05. The van der Waals surface area contributed by atoms with Crippen molar-refractivity contribution in [2.75, 3.05) is 0 Å². The largest absolute Gasteiger partial charge is 0.390 e. The van der Waals surface area contributed by atoms with Gasteiger partial charge in [0, 0.05) is 0 Å². The van der Waals surface area contributed by atoms with Gasteiger partial charge in [0.2, 0.25) is 0 Å². The number of aliphatic hydroxyl groups excluding tert-OH is 1. The van der Waals surface area contributed by atoms with Gasteiger partial charge in [-0.05, 0) is 28.7 Å². The lowest BCUT2D eigenvalue weighted by Crippen LogP contribution is -2.05. The molecule has 0 fully saturated rings. The fourth-order valence-electron chi connectivity index (χ4n) is 1.06. The molecule has 1 aromatic heterocycles. The van der Waals surface area contributed by atoms with Crippen molar-refractivity contribution in [3.63, 3.8) is 0 Å². The molecule has 1 rings (SSSR count). The van der Waals surface area contributed by atoms with Crippen LogP contribution in [0.4, 0.5) is 14.5 Å². The first-order chi connectivity index (χ1) is 6.97. The fourth-order valence-corrected chi connectivity index (χ4v) is 1.69. The summed E-state index contributed by atoms with van der Waals surface area (Å²) in [4.78, 5) is 13.2. The predicted molar refractivity (Wildman–Crippen MR) is 54.5 cm³/mol. The van der Waals surface area contributed by atoms with Crippen LogP contribution in [0.15, 0.2) is 6.07 Å². The highest BCUT2D eigenvalue weighted by Gasteiger charge is 2.27. The number of nitro groups is 1. The van der Waals surface area contributed by atoms with Crippen LogP contribution in [0.3, 0.4) is 0 Å². The van der Waals surface area contributed by atoms with Crippen LogP contribution in [0.2, 0.25) is 0 Å². The lowest BCUT2D eigenvalue weighted by molar-refractivity contribution is -0.387. The summed E-state index contributed by atoms with van der Waals surface area (Å²) in [6.45, 7) is -0.743. The quantitative estimate of drug-likeness (QED) is 0.398. The standard InChI is InChI=1S/C7H5F2IN2O3/c8-7(9)3-1-5(10)11-4(2-13)6(3)12(14)15/h1,7,13H,2H2. The van der Waals surface area contributed by atoms with Crippen molar-refractivity contribution in [2.24, 2.45) is 0 Å². The molecule has 0 aliphatic rings. The first-order valence-corrected chi connectivity index (χ1v) is 4.78. The molecule has 0 spiro atoms. The van der Waals surface area contributed by atoms with E-state index in [9.17, 15) is 18.9 Å². The summed E-state index contributed by atoms with van der Waals surface area (Å²) in [6, 6.07) is 0.933. The number of rotatable bonds is 3. The summed E-state index contributed by atoms with van der Waals surface area (Å²) in [5, 5.41) is 19.3. The Balaban J connectivity index is 3.47. The van der Waals surface area contributed by atoms with E-state index in [1.807, 2.05) is 0 Å². The number of aromatic nitrogens is 1. The molecule has 0 radical (unpaired) electrons. The van der Waals surface area contributed by atoms with Crippen LogP contribution in [0.1, 0.15) is 17.7 Å². The van der Waals surface area contributed by atoms with Gasteiger partial charge in [-0.2, -0.15) is 0 Å². The van der Waals surface area contributed by atoms with Crippen molar-refractivity contribution in [3.05, 3.63) is 31.1 Å². The average molecular weight is 330 g/mol. The summed E-state index contributed by atoms with van der Waals surface area (Å²) in [7, 11) is 0. The molecule has 1 aromatic rings. The number of hydrogen-bond donors (Lipinski definition) is 1. The van der Waals surface area contributed by atoms with E-state index in [-0.39, 0.29) is 9.39 Å². The van der Waals surface area contributed by atoms with Crippen molar-refractivity contribution >= 4 is 28.3 Å². The maximum absolute atomic E-state index is 12.5. The number of aliphatic hydroxyl groups is 1. The molecule has 0 saturated heterocycles. The number of nitrogens with zero attached hydrogens (tertiary/aromatic N) is 2. The van der Waals surface area contributed by atoms with Crippen LogP contribution in [0, 0.1) is 13.8 Å². The first kappa shape index (κ1) is 12.2. The second-order valence-corrected chi connectivity index (χ2v) is 3.65. The van der Waals surface area contributed by atoms with E-state index >= 15 is 0 Å². The minimum Gasteiger partial charge on any atom is -0.390 e. The van der Waals surface area contributed by atoms with Gasteiger partial charge in [0.15, 0.2) is 0 Å². The second-order valence-electron chi connectivity index (χ2n) is 2.55. The molecule has 0 amide bonds. The normalized spacial score (nSPS) is 10.7. The smallest absolute Gasteiger partial charge is 0.302 e. The Kier molecular flexibility index (Phi) is 3.85. The molecule has 0 aromatic carbocycles. The predicted octanol–water partition coefficient (Wildman–Crippen LogP) is 2.02. The SMILES string of the molecule is O=[N+]([O-])c1c(C(F)F)cc(I)nc1CO. The summed E-state index contributed by atoms with van der Waals surface area (Å²) in [5.74, 6) is 0. The molecule has 0 aliphatic carbocycles. The Labute approximate surface area is 96.4 Å². The van der Waals surface area contributed by atoms with Gasteiger partial charge in [-0.15, -0.1) is 0 Å². The molecule has 1 heterocycles. The zero-order valence-electron chi connectivity index (χ0n) is 7.15. The zero-order valence-corrected chi connectivity index (χ0v) is 9.31. The molecule has 0 aliphatic heterocycles. The van der Waals surface area contributed by atoms with E-state index in [1.54, 1.807) is 22.6 Å². The summed E-state index contributed by atoms with van der Waals surface area (Å²) in [6.07, 6.45) is -2.97. The highest BCUT2D eigenvalue weighted by Crippen LogP contribution is 2.32. The maximum Gasteiger partial charge on any atom is 0.302 e. The van der Waals surface area contributed by atoms with Gasteiger partial charge >= 0.3 is 5.69 Å². The van der Waals surface area contributed by atoms with Crippen LogP contribution in [0.25, 0.3) is 0 Å². The summed E-state index contributed by atoms with van der Waals surface area (Å²) in [5.41, 5.74) is -1.88. The van der Waals surface area contributed by atoms with Crippen molar-refractivity contribution in [1.29, 1.82) is 0 Å². The minimum atomic E-state index is -2.97. The first-order valence-electron chi connectivity index (χ1n) is 3.70. The molecule has 0 bridgehead atoms. The van der Waals surface area contributed by atoms with E-state index in [0.717, 1.165) is 6.07 Å². The average Bonchev–Trinajstić information content (AvgIpc) is 2.15. The fraction of sp³-hybridized carbons (Fsp3) is 0.286.